The van der Waals surface area contributed by atoms with Crippen LogP contribution >= 0.6 is 0 Å². The van der Waals surface area contributed by atoms with E-state index in [1.54, 1.807) is 19.2 Å². The van der Waals surface area contributed by atoms with Crippen molar-refractivity contribution in [1.82, 2.24) is 25.3 Å². The Labute approximate surface area is 225 Å². The molecular formula is C25H28N6O9. The number of nitrogens with one attached hydrogen (secondary N) is 3. The summed E-state index contributed by atoms with van der Waals surface area (Å²) in [6.45, 7) is 1.67. The first-order valence-corrected chi connectivity index (χ1v) is 12.2. The van der Waals surface area contributed by atoms with Crippen LogP contribution in [0.25, 0.3) is 11.0 Å². The molecule has 3 aromatic heterocycles. The number of H-pyrrole nitrogens is 2. The van der Waals surface area contributed by atoms with Gasteiger partial charge in [0.1, 0.15) is 29.1 Å². The maximum absolute atomic E-state index is 12.9. The topological polar surface area (TPSA) is 259 Å². The van der Waals surface area contributed by atoms with Gasteiger partial charge in [0.25, 0.3) is 11.5 Å². The molecule has 3 aromatic rings. The summed E-state index contributed by atoms with van der Waals surface area (Å²) in [6, 6.07) is -0.197. The smallest absolute Gasteiger partial charge is 0.320 e. The number of pyridine rings is 1. The lowest BCUT2D eigenvalue weighted by Gasteiger charge is -2.21. The molecule has 0 aliphatic rings. The van der Waals surface area contributed by atoms with Gasteiger partial charge in [-0.25, -0.2) is 4.98 Å². The Morgan fingerprint density at radius 3 is 2.40 bits per heavy atom. The number of hydrogen-bond donors (Lipinski definition) is 7. The number of Topliss-reactive ketones (excluding diaryl/α,β-unsaturated/α-hetero) is 1. The minimum Gasteiger partial charge on any atom is -0.481 e. The zero-order chi connectivity index (χ0) is 29.6. The number of carbonyl (C=O) groups excluding carboxylic acids is 2. The number of aryl methyl sites for hydroxylation is 3. The molecule has 0 aromatic carbocycles. The van der Waals surface area contributed by atoms with Crippen molar-refractivity contribution in [2.75, 3.05) is 0 Å². The van der Waals surface area contributed by atoms with E-state index in [4.69, 9.17) is 15.9 Å². The van der Waals surface area contributed by atoms with Crippen molar-refractivity contribution >= 4 is 40.6 Å². The number of carboxylic acids is 3. The lowest BCUT2D eigenvalue weighted by Crippen LogP contribution is -2.47. The number of hydrogen-bond acceptors (Lipinski definition) is 9. The summed E-state index contributed by atoms with van der Waals surface area (Å²) < 4.78 is 0. The first-order chi connectivity index (χ1) is 18.9. The molecule has 8 N–H and O–H groups in total. The molecule has 0 radical (unpaired) electrons. The summed E-state index contributed by atoms with van der Waals surface area (Å²) in [6.07, 6.45) is 2.34. The normalized spacial score (nSPS) is 13.3. The number of carbonyl (C=O) groups is 5. The molecule has 0 spiro atoms. The van der Waals surface area contributed by atoms with Crippen molar-refractivity contribution in [3.63, 3.8) is 0 Å². The molecule has 212 valence electrons. The van der Waals surface area contributed by atoms with Gasteiger partial charge in [-0.1, -0.05) is 6.07 Å². The zero-order valence-electron chi connectivity index (χ0n) is 21.3. The van der Waals surface area contributed by atoms with Gasteiger partial charge in [0.05, 0.1) is 11.4 Å². The predicted octanol–water partition coefficient (Wildman–Crippen LogP) is -0.225. The van der Waals surface area contributed by atoms with Crippen molar-refractivity contribution in [1.29, 1.82) is 0 Å². The third kappa shape index (κ3) is 7.35. The van der Waals surface area contributed by atoms with Crippen LogP contribution < -0.4 is 16.6 Å². The maximum atomic E-state index is 12.9. The van der Waals surface area contributed by atoms with Crippen LogP contribution in [-0.4, -0.2) is 76.9 Å². The third-order valence-electron chi connectivity index (χ3n) is 6.23. The number of ketones is 1. The van der Waals surface area contributed by atoms with Crippen LogP contribution in [0, 0.1) is 12.8 Å². The molecule has 3 rings (SSSR count). The largest absolute Gasteiger partial charge is 0.481 e. The second-order valence-corrected chi connectivity index (χ2v) is 9.17. The first kappa shape index (κ1) is 29.6. The van der Waals surface area contributed by atoms with E-state index in [1.807, 2.05) is 0 Å². The highest BCUT2D eigenvalue weighted by Gasteiger charge is 2.36. The number of aliphatic carboxylic acids is 3. The van der Waals surface area contributed by atoms with Crippen LogP contribution in [0.4, 0.5) is 0 Å². The van der Waals surface area contributed by atoms with Crippen molar-refractivity contribution in [3.8, 4) is 0 Å². The maximum Gasteiger partial charge on any atom is 0.320 e. The van der Waals surface area contributed by atoms with Gasteiger partial charge in [0, 0.05) is 18.8 Å². The Morgan fingerprint density at radius 1 is 1.07 bits per heavy atom. The average Bonchev–Trinajstić information content (AvgIpc) is 3.30. The molecular weight excluding hydrogens is 528 g/mol. The van der Waals surface area contributed by atoms with Crippen molar-refractivity contribution in [2.45, 2.75) is 51.1 Å². The molecule has 3 atom stereocenters. The van der Waals surface area contributed by atoms with Crippen LogP contribution in [0.1, 0.15) is 46.7 Å². The molecule has 3 heterocycles. The van der Waals surface area contributed by atoms with Gasteiger partial charge in [-0.15, -0.1) is 0 Å². The standard InChI is InChI=1S/C25H28N6O9/c1-11-29-21-19(23(36)30-11)13(10-28-21)4-2-12-3-5-17(27-9-12)22(35)31-16(6-7-18(32)33)20(34)14(24(37)38)8-15(26)25(39)40/h3,5,9-10,14-16H,2,4,6-8,26H2,1H3,(H,31,35)(H,32,33)(H,37,38)(H,39,40)(H2,28,29,30,36)/t14?,15-,16-/m0/s1. The highest BCUT2D eigenvalue weighted by molar-refractivity contribution is 6.04. The molecule has 1 unspecified atom stereocenters. The van der Waals surface area contributed by atoms with E-state index in [-0.39, 0.29) is 11.3 Å². The molecule has 0 fully saturated rings. The molecule has 1 amide bonds. The quantitative estimate of drug-likeness (QED) is 0.127. The van der Waals surface area contributed by atoms with E-state index >= 15 is 0 Å². The van der Waals surface area contributed by atoms with E-state index in [0.717, 1.165) is 11.1 Å². The second kappa shape index (κ2) is 12.8. The summed E-state index contributed by atoms with van der Waals surface area (Å²) in [5, 5.41) is 30.2. The highest BCUT2D eigenvalue weighted by Crippen LogP contribution is 2.16. The Hall–Kier alpha value is -4.92. The number of aromatic nitrogens is 4. The van der Waals surface area contributed by atoms with Gasteiger partial charge in [-0.3, -0.25) is 33.8 Å². The van der Waals surface area contributed by atoms with E-state index in [0.29, 0.717) is 29.7 Å². The van der Waals surface area contributed by atoms with Crippen LogP contribution in [0.3, 0.4) is 0 Å². The molecule has 0 aliphatic heterocycles. The number of amides is 1. The fraction of sp³-hybridized carbons (Fsp3) is 0.360. The van der Waals surface area contributed by atoms with Crippen LogP contribution in [0.2, 0.25) is 0 Å². The average molecular weight is 557 g/mol. The van der Waals surface area contributed by atoms with Crippen LogP contribution in [0.5, 0.6) is 0 Å². The minimum absolute atomic E-state index is 0.116. The summed E-state index contributed by atoms with van der Waals surface area (Å²) in [5.74, 6) is -7.78. The number of aromatic amines is 2. The molecule has 0 saturated carbocycles. The SMILES string of the molecule is Cc1nc2[nH]cc(CCc3ccc(C(=O)N[C@@H](CCC(=O)O)C(=O)C(C[C@H](N)C(=O)O)C(=O)O)nc3)c2c(=O)[nH]1. The predicted molar refractivity (Wildman–Crippen MR) is 138 cm³/mol. The molecule has 40 heavy (non-hydrogen) atoms. The molecule has 0 saturated heterocycles. The Kier molecular flexibility index (Phi) is 9.45. The van der Waals surface area contributed by atoms with E-state index < -0.39 is 66.9 Å². The molecule has 15 heteroatoms. The van der Waals surface area contributed by atoms with E-state index in [9.17, 15) is 33.9 Å². The van der Waals surface area contributed by atoms with Crippen LogP contribution in [-0.2, 0) is 32.0 Å². The minimum atomic E-state index is -1.88. The van der Waals surface area contributed by atoms with Gasteiger partial charge in [-0.2, -0.15) is 0 Å². The second-order valence-electron chi connectivity index (χ2n) is 9.17. The van der Waals surface area contributed by atoms with Crippen molar-refractivity contribution in [3.05, 3.63) is 57.5 Å². The third-order valence-corrected chi connectivity index (χ3v) is 6.23. The summed E-state index contributed by atoms with van der Waals surface area (Å²) in [7, 11) is 0. The monoisotopic (exact) mass is 556 g/mol. The van der Waals surface area contributed by atoms with Gasteiger partial charge in [0.2, 0.25) is 0 Å². The Morgan fingerprint density at radius 2 is 1.80 bits per heavy atom. The number of fused-ring (bicyclic) bond motifs is 1. The fourth-order valence-electron chi connectivity index (χ4n) is 4.12. The van der Waals surface area contributed by atoms with Crippen molar-refractivity contribution in [2.24, 2.45) is 11.7 Å². The number of rotatable bonds is 14. The highest BCUT2D eigenvalue weighted by atomic mass is 16.4. The van der Waals surface area contributed by atoms with Crippen LogP contribution in [0.15, 0.2) is 29.3 Å². The van der Waals surface area contributed by atoms with E-state index in [2.05, 4.69) is 25.3 Å². The summed E-state index contributed by atoms with van der Waals surface area (Å²) >= 11 is 0. The summed E-state index contributed by atoms with van der Waals surface area (Å²) in [4.78, 5) is 85.8. The molecule has 0 aliphatic carbocycles. The Balaban J connectivity index is 1.71. The number of nitrogens with two attached hydrogens (primary N) is 1. The van der Waals surface area contributed by atoms with Gasteiger partial charge in [-0.05, 0) is 49.8 Å². The van der Waals surface area contributed by atoms with Gasteiger partial charge < -0.3 is 36.3 Å². The zero-order valence-corrected chi connectivity index (χ0v) is 21.3. The first-order valence-electron chi connectivity index (χ1n) is 12.2. The number of carboxylic acid groups (broad SMARTS) is 3. The van der Waals surface area contributed by atoms with E-state index in [1.165, 1.54) is 12.3 Å². The van der Waals surface area contributed by atoms with Crippen molar-refractivity contribution < 1.29 is 39.3 Å². The molecule has 15 nitrogen and oxygen atoms in total. The van der Waals surface area contributed by atoms with Gasteiger partial charge >= 0.3 is 17.9 Å². The fourth-order valence-corrected chi connectivity index (χ4v) is 4.12. The molecule has 0 bridgehead atoms. The number of nitrogens with zero attached hydrogens (tertiary/aromatic N) is 2. The lowest BCUT2D eigenvalue weighted by atomic mass is 9.89. The van der Waals surface area contributed by atoms with Gasteiger partial charge in [0.15, 0.2) is 5.78 Å². The Bertz CT molecular complexity index is 1490. The lowest BCUT2D eigenvalue weighted by molar-refractivity contribution is -0.148. The summed E-state index contributed by atoms with van der Waals surface area (Å²) in [5.41, 5.74) is 6.97.